The largest absolute Gasteiger partial charge is 0.463 e. The minimum absolute atomic E-state index is 0.0197. The predicted octanol–water partition coefficient (Wildman–Crippen LogP) is 3.16. The molecule has 1 aromatic rings. The third-order valence-electron chi connectivity index (χ3n) is 5.76. The number of ether oxygens (including phenoxy) is 1. The summed E-state index contributed by atoms with van der Waals surface area (Å²) in [7, 11) is 0. The van der Waals surface area contributed by atoms with Gasteiger partial charge < -0.3 is 14.5 Å². The van der Waals surface area contributed by atoms with E-state index < -0.39 is 5.97 Å². The van der Waals surface area contributed by atoms with Crippen LogP contribution in [-0.4, -0.2) is 53.8 Å². The summed E-state index contributed by atoms with van der Waals surface area (Å²) in [5.41, 5.74) is 2.99. The molecular formula is C23H30N2O4. The molecule has 6 nitrogen and oxygen atoms in total. The van der Waals surface area contributed by atoms with Crippen molar-refractivity contribution >= 4 is 17.8 Å². The SMILES string of the molecule is CCOC(=O)C1=C(C)N(CC(=O)N2CCCCC2)C(=O)C[C@H]1c1cccc(C)c1. The fourth-order valence-corrected chi connectivity index (χ4v) is 4.23. The van der Waals surface area contributed by atoms with Gasteiger partial charge >= 0.3 is 5.97 Å². The zero-order valence-electron chi connectivity index (χ0n) is 17.6. The maximum atomic E-state index is 13.0. The molecule has 3 rings (SSSR count). The molecule has 2 aliphatic rings. The van der Waals surface area contributed by atoms with Gasteiger partial charge in [0, 0.05) is 31.1 Å². The van der Waals surface area contributed by atoms with Gasteiger partial charge in [-0.15, -0.1) is 0 Å². The van der Waals surface area contributed by atoms with Crippen molar-refractivity contribution in [3.63, 3.8) is 0 Å². The molecule has 2 amide bonds. The van der Waals surface area contributed by atoms with Crippen molar-refractivity contribution in [1.29, 1.82) is 0 Å². The van der Waals surface area contributed by atoms with E-state index in [1.54, 1.807) is 13.8 Å². The van der Waals surface area contributed by atoms with Gasteiger partial charge in [0.15, 0.2) is 0 Å². The molecule has 1 aromatic carbocycles. The van der Waals surface area contributed by atoms with Crippen LogP contribution in [0.2, 0.25) is 0 Å². The number of carbonyl (C=O) groups is 3. The maximum Gasteiger partial charge on any atom is 0.336 e. The molecule has 1 saturated heterocycles. The number of hydrogen-bond donors (Lipinski definition) is 0. The van der Waals surface area contributed by atoms with Crippen molar-refractivity contribution in [2.24, 2.45) is 0 Å². The van der Waals surface area contributed by atoms with Gasteiger partial charge in [0.2, 0.25) is 11.8 Å². The molecule has 1 fully saturated rings. The number of hydrogen-bond acceptors (Lipinski definition) is 4. The highest BCUT2D eigenvalue weighted by Gasteiger charge is 2.38. The first-order valence-corrected chi connectivity index (χ1v) is 10.4. The van der Waals surface area contributed by atoms with Gasteiger partial charge in [-0.3, -0.25) is 9.59 Å². The Morgan fingerprint density at radius 2 is 1.86 bits per heavy atom. The summed E-state index contributed by atoms with van der Waals surface area (Å²) in [6, 6.07) is 7.85. The molecule has 29 heavy (non-hydrogen) atoms. The summed E-state index contributed by atoms with van der Waals surface area (Å²) >= 11 is 0. The Kier molecular flexibility index (Phi) is 6.72. The van der Waals surface area contributed by atoms with E-state index in [1.165, 1.54) is 4.90 Å². The summed E-state index contributed by atoms with van der Waals surface area (Å²) < 4.78 is 5.31. The molecular weight excluding hydrogens is 368 g/mol. The van der Waals surface area contributed by atoms with Crippen LogP contribution in [0, 0.1) is 6.92 Å². The first-order valence-electron chi connectivity index (χ1n) is 10.4. The predicted molar refractivity (Wildman–Crippen MR) is 110 cm³/mol. The first kappa shape index (κ1) is 21.1. The normalized spacial score (nSPS) is 20.1. The number of carbonyl (C=O) groups excluding carboxylic acids is 3. The van der Waals surface area contributed by atoms with Gasteiger partial charge in [-0.1, -0.05) is 29.8 Å². The topological polar surface area (TPSA) is 66.9 Å². The second-order valence-corrected chi connectivity index (χ2v) is 7.81. The van der Waals surface area contributed by atoms with Gasteiger partial charge in [0.25, 0.3) is 0 Å². The fourth-order valence-electron chi connectivity index (χ4n) is 4.23. The van der Waals surface area contributed by atoms with E-state index in [9.17, 15) is 14.4 Å². The highest BCUT2D eigenvalue weighted by Crippen LogP contribution is 2.37. The van der Waals surface area contributed by atoms with Gasteiger partial charge in [0.05, 0.1) is 12.2 Å². The van der Waals surface area contributed by atoms with E-state index >= 15 is 0 Å². The van der Waals surface area contributed by atoms with Crippen LogP contribution in [0.4, 0.5) is 0 Å². The van der Waals surface area contributed by atoms with Crippen molar-refractivity contribution in [1.82, 2.24) is 9.80 Å². The molecule has 156 valence electrons. The molecule has 1 atom stereocenters. The number of rotatable bonds is 5. The minimum atomic E-state index is -0.417. The van der Waals surface area contributed by atoms with Gasteiger partial charge in [-0.25, -0.2) is 4.79 Å². The third-order valence-corrected chi connectivity index (χ3v) is 5.76. The summed E-state index contributed by atoms with van der Waals surface area (Å²) in [5, 5.41) is 0. The number of allylic oxidation sites excluding steroid dienone is 1. The van der Waals surface area contributed by atoms with E-state index in [0.717, 1.165) is 43.5 Å². The van der Waals surface area contributed by atoms with Crippen molar-refractivity contribution in [2.45, 2.75) is 52.4 Å². The smallest absolute Gasteiger partial charge is 0.336 e. The van der Waals surface area contributed by atoms with Crippen LogP contribution in [0.15, 0.2) is 35.5 Å². The van der Waals surface area contributed by atoms with E-state index in [2.05, 4.69) is 0 Å². The maximum absolute atomic E-state index is 13.0. The Balaban J connectivity index is 1.93. The van der Waals surface area contributed by atoms with Crippen molar-refractivity contribution in [3.8, 4) is 0 Å². The zero-order valence-corrected chi connectivity index (χ0v) is 17.6. The fraction of sp³-hybridized carbons (Fsp3) is 0.522. The average Bonchev–Trinajstić information content (AvgIpc) is 2.71. The van der Waals surface area contributed by atoms with Crippen LogP contribution >= 0.6 is 0 Å². The lowest BCUT2D eigenvalue weighted by atomic mass is 9.83. The van der Waals surface area contributed by atoms with E-state index in [0.29, 0.717) is 11.3 Å². The molecule has 0 radical (unpaired) electrons. The summed E-state index contributed by atoms with van der Waals surface area (Å²) in [6.07, 6.45) is 3.29. The van der Waals surface area contributed by atoms with E-state index in [4.69, 9.17) is 4.74 Å². The van der Waals surface area contributed by atoms with Gasteiger partial charge in [-0.05, 0) is 45.6 Å². The first-order chi connectivity index (χ1) is 13.9. The molecule has 0 N–H and O–H groups in total. The second-order valence-electron chi connectivity index (χ2n) is 7.81. The lowest BCUT2D eigenvalue weighted by Gasteiger charge is -2.36. The third kappa shape index (κ3) is 4.69. The van der Waals surface area contributed by atoms with Crippen LogP contribution in [-0.2, 0) is 19.1 Å². The Morgan fingerprint density at radius 1 is 1.14 bits per heavy atom. The highest BCUT2D eigenvalue weighted by molar-refractivity contribution is 5.97. The van der Waals surface area contributed by atoms with E-state index in [-0.39, 0.29) is 37.3 Å². The Labute approximate surface area is 172 Å². The van der Waals surface area contributed by atoms with Crippen LogP contribution in [0.5, 0.6) is 0 Å². The second kappa shape index (κ2) is 9.25. The summed E-state index contributed by atoms with van der Waals surface area (Å²) in [4.78, 5) is 41.8. The number of piperidine rings is 1. The molecule has 0 aliphatic carbocycles. The zero-order chi connectivity index (χ0) is 21.0. The molecule has 0 saturated carbocycles. The lowest BCUT2D eigenvalue weighted by molar-refractivity contribution is -0.142. The highest BCUT2D eigenvalue weighted by atomic mass is 16.5. The van der Waals surface area contributed by atoms with Crippen LogP contribution < -0.4 is 0 Å². The van der Waals surface area contributed by atoms with Crippen LogP contribution in [0.1, 0.15) is 56.6 Å². The Morgan fingerprint density at radius 3 is 2.52 bits per heavy atom. The Hall–Kier alpha value is -2.63. The lowest BCUT2D eigenvalue weighted by Crippen LogP contribution is -2.46. The average molecular weight is 399 g/mol. The minimum Gasteiger partial charge on any atom is -0.463 e. The molecule has 2 heterocycles. The number of amides is 2. The summed E-state index contributed by atoms with van der Waals surface area (Å²) in [5.74, 6) is -0.968. The Bertz CT molecular complexity index is 824. The van der Waals surface area contributed by atoms with Crippen LogP contribution in [0.3, 0.4) is 0 Å². The molecule has 2 aliphatic heterocycles. The van der Waals surface area contributed by atoms with Crippen molar-refractivity contribution < 1.29 is 19.1 Å². The van der Waals surface area contributed by atoms with Crippen molar-refractivity contribution in [3.05, 3.63) is 46.7 Å². The number of nitrogens with zero attached hydrogens (tertiary/aromatic N) is 2. The quantitative estimate of drug-likeness (QED) is 0.715. The molecule has 0 spiro atoms. The van der Waals surface area contributed by atoms with Gasteiger partial charge in [0.1, 0.15) is 6.54 Å². The standard InChI is InChI=1S/C23H30N2O4/c1-4-29-23(28)22-17(3)25(15-21(27)24-11-6-5-7-12-24)20(26)14-19(22)18-10-8-9-16(2)13-18/h8-10,13,19H,4-7,11-12,14-15H2,1-3H3/t19-/m0/s1. The number of benzene rings is 1. The number of likely N-dealkylation sites (tertiary alicyclic amines) is 1. The monoisotopic (exact) mass is 398 g/mol. The molecule has 0 aromatic heterocycles. The molecule has 6 heteroatoms. The van der Waals surface area contributed by atoms with Crippen molar-refractivity contribution in [2.75, 3.05) is 26.2 Å². The van der Waals surface area contributed by atoms with Gasteiger partial charge in [-0.2, -0.15) is 0 Å². The molecule has 0 unspecified atom stereocenters. The molecule has 0 bridgehead atoms. The number of esters is 1. The van der Waals surface area contributed by atoms with Crippen LogP contribution in [0.25, 0.3) is 0 Å². The number of aryl methyl sites for hydroxylation is 1. The van der Waals surface area contributed by atoms with E-state index in [1.807, 2.05) is 36.1 Å². The summed E-state index contributed by atoms with van der Waals surface area (Å²) in [6.45, 7) is 7.21.